The van der Waals surface area contributed by atoms with Gasteiger partial charge in [0.25, 0.3) is 5.91 Å². The Bertz CT molecular complexity index is 1380. The van der Waals surface area contributed by atoms with Crippen molar-refractivity contribution in [1.82, 2.24) is 0 Å². The van der Waals surface area contributed by atoms with Crippen LogP contribution in [0.25, 0.3) is 5.57 Å². The fourth-order valence-corrected chi connectivity index (χ4v) is 7.28. The molecular weight excluding hydrogens is 566 g/mol. The van der Waals surface area contributed by atoms with Crippen LogP contribution in [0.3, 0.4) is 0 Å². The summed E-state index contributed by atoms with van der Waals surface area (Å²) in [6, 6.07) is 12.5. The highest BCUT2D eigenvalue weighted by Gasteiger charge is 2.46. The molecule has 0 aliphatic carbocycles. The summed E-state index contributed by atoms with van der Waals surface area (Å²) in [6.45, 7) is 5.45. The van der Waals surface area contributed by atoms with Crippen molar-refractivity contribution < 1.29 is 28.6 Å². The van der Waals surface area contributed by atoms with E-state index >= 15 is 0 Å². The molecule has 0 atom stereocenters. The number of benzene rings is 2. The lowest BCUT2D eigenvalue weighted by molar-refractivity contribution is -0.138. The summed E-state index contributed by atoms with van der Waals surface area (Å²) in [5, 5.41) is 0.568. The number of amides is 1. The lowest BCUT2D eigenvalue weighted by Crippen LogP contribution is -2.57. The van der Waals surface area contributed by atoms with E-state index in [-0.39, 0.29) is 22.3 Å². The van der Waals surface area contributed by atoms with Gasteiger partial charge in [-0.2, -0.15) is 0 Å². The SMILES string of the molecule is COC(=O)C1=C(C(=O)OC)SC(=C2C(=S)C(C)(C)N(C(=O)COc3ccc(Cl)cc3)c3ccc(C)cc32)S1. The monoisotopic (exact) mass is 589 g/mol. The summed E-state index contributed by atoms with van der Waals surface area (Å²) in [7, 11) is 2.51. The van der Waals surface area contributed by atoms with Gasteiger partial charge in [0.05, 0.1) is 34.5 Å². The van der Waals surface area contributed by atoms with E-state index in [0.717, 1.165) is 34.7 Å². The van der Waals surface area contributed by atoms with Crippen molar-refractivity contribution in [3.05, 3.63) is 72.7 Å². The number of halogens is 1. The van der Waals surface area contributed by atoms with Gasteiger partial charge >= 0.3 is 11.9 Å². The number of thiocarbonyl (C=S) groups is 1. The average molecular weight is 590 g/mol. The van der Waals surface area contributed by atoms with Crippen LogP contribution in [0.1, 0.15) is 25.0 Å². The molecule has 1 amide bonds. The number of esters is 2. The van der Waals surface area contributed by atoms with E-state index in [1.54, 1.807) is 29.2 Å². The number of hydrogen-bond acceptors (Lipinski definition) is 9. The van der Waals surface area contributed by atoms with E-state index in [4.69, 9.17) is 38.0 Å². The molecule has 7 nitrogen and oxygen atoms in total. The first-order valence-electron chi connectivity index (χ1n) is 11.4. The maximum atomic E-state index is 13.6. The maximum Gasteiger partial charge on any atom is 0.346 e. The van der Waals surface area contributed by atoms with Crippen LogP contribution in [0, 0.1) is 6.92 Å². The highest BCUT2D eigenvalue weighted by Crippen LogP contribution is 2.56. The number of thioether (sulfide) groups is 2. The van der Waals surface area contributed by atoms with Crippen LogP contribution in [0.15, 0.2) is 56.5 Å². The second kappa shape index (κ2) is 11.1. The van der Waals surface area contributed by atoms with E-state index in [2.05, 4.69) is 0 Å². The molecule has 2 heterocycles. The van der Waals surface area contributed by atoms with Crippen molar-refractivity contribution >= 4 is 81.3 Å². The third-order valence-electron chi connectivity index (χ3n) is 5.97. The first-order valence-corrected chi connectivity index (χ1v) is 13.8. The van der Waals surface area contributed by atoms with E-state index in [1.165, 1.54) is 14.2 Å². The molecule has 0 bridgehead atoms. The lowest BCUT2D eigenvalue weighted by Gasteiger charge is -2.45. The van der Waals surface area contributed by atoms with Crippen LogP contribution in [-0.4, -0.2) is 49.1 Å². The Labute approximate surface area is 239 Å². The topological polar surface area (TPSA) is 82.1 Å². The summed E-state index contributed by atoms with van der Waals surface area (Å²) in [6.07, 6.45) is 0. The van der Waals surface area contributed by atoms with Crippen LogP contribution in [0.2, 0.25) is 5.02 Å². The van der Waals surface area contributed by atoms with Crippen molar-refractivity contribution in [3.63, 3.8) is 0 Å². The van der Waals surface area contributed by atoms with Gasteiger partial charge in [-0.05, 0) is 57.2 Å². The second-order valence-electron chi connectivity index (χ2n) is 8.89. The summed E-state index contributed by atoms with van der Waals surface area (Å²) in [4.78, 5) is 41.0. The number of aryl methyl sites for hydroxylation is 1. The molecule has 2 aliphatic heterocycles. The van der Waals surface area contributed by atoms with Crippen LogP contribution in [0.5, 0.6) is 5.75 Å². The first-order chi connectivity index (χ1) is 18.0. The van der Waals surface area contributed by atoms with Gasteiger partial charge in [-0.1, -0.05) is 59.0 Å². The van der Waals surface area contributed by atoms with Gasteiger partial charge in [0.1, 0.15) is 15.6 Å². The predicted molar refractivity (Wildman–Crippen MR) is 155 cm³/mol. The second-order valence-corrected chi connectivity index (χ2v) is 12.0. The minimum atomic E-state index is -0.930. The number of fused-ring (bicyclic) bond motifs is 1. The van der Waals surface area contributed by atoms with Crippen LogP contribution in [0.4, 0.5) is 5.69 Å². The van der Waals surface area contributed by atoms with Crippen molar-refractivity contribution in [2.45, 2.75) is 26.3 Å². The molecule has 0 unspecified atom stereocenters. The van der Waals surface area contributed by atoms with E-state index in [9.17, 15) is 14.4 Å². The number of methoxy groups -OCH3 is 2. The fourth-order valence-electron chi connectivity index (χ4n) is 4.12. The Morgan fingerprint density at radius 1 is 0.974 bits per heavy atom. The normalized spacial score (nSPS) is 16.4. The number of anilines is 1. The highest BCUT2D eigenvalue weighted by atomic mass is 35.5. The molecule has 38 heavy (non-hydrogen) atoms. The number of carbonyl (C=O) groups is 3. The number of carbonyl (C=O) groups excluding carboxylic acids is 3. The van der Waals surface area contributed by atoms with Gasteiger partial charge in [0.2, 0.25) is 0 Å². The summed E-state index contributed by atoms with van der Waals surface area (Å²) in [5.74, 6) is -1.04. The third kappa shape index (κ3) is 5.22. The van der Waals surface area contributed by atoms with Crippen molar-refractivity contribution in [2.75, 3.05) is 25.7 Å². The number of hydrogen-bond donors (Lipinski definition) is 0. The molecule has 11 heteroatoms. The molecule has 0 fully saturated rings. The van der Waals surface area contributed by atoms with Crippen molar-refractivity contribution in [3.8, 4) is 5.75 Å². The van der Waals surface area contributed by atoms with Crippen LogP contribution < -0.4 is 9.64 Å². The fraction of sp³-hybridized carbons (Fsp3) is 0.259. The smallest absolute Gasteiger partial charge is 0.346 e. The maximum absolute atomic E-state index is 13.6. The van der Waals surface area contributed by atoms with E-state index in [1.807, 2.05) is 39.0 Å². The third-order valence-corrected chi connectivity index (χ3v) is 9.48. The zero-order chi connectivity index (χ0) is 27.8. The summed E-state index contributed by atoms with van der Waals surface area (Å²) >= 11 is 14.2. The molecule has 2 aromatic carbocycles. The summed E-state index contributed by atoms with van der Waals surface area (Å²) in [5.41, 5.74) is 2.08. The first kappa shape index (κ1) is 28.2. The zero-order valence-corrected chi connectivity index (χ0v) is 24.5. The van der Waals surface area contributed by atoms with Crippen molar-refractivity contribution in [2.24, 2.45) is 0 Å². The lowest BCUT2D eigenvalue weighted by atomic mass is 9.82. The Morgan fingerprint density at radius 2 is 1.55 bits per heavy atom. The minimum Gasteiger partial charge on any atom is -0.484 e. The standard InChI is InChI=1S/C27H24ClNO6S3/c1-14-6-11-18-17(12-14)20(26-37-21(24(31)33-4)22(38-26)25(32)34-5)23(36)27(2,3)29(18)19(30)13-35-16-9-7-15(28)8-10-16/h6-12H,13H2,1-5H3. The Kier molecular flexibility index (Phi) is 8.27. The van der Waals surface area contributed by atoms with Gasteiger partial charge in [-0.25, -0.2) is 9.59 Å². The molecule has 0 radical (unpaired) electrons. The summed E-state index contributed by atoms with van der Waals surface area (Å²) < 4.78 is 16.2. The highest BCUT2D eigenvalue weighted by molar-refractivity contribution is 8.29. The molecule has 0 aromatic heterocycles. The van der Waals surface area contributed by atoms with Crippen LogP contribution in [-0.2, 0) is 23.9 Å². The average Bonchev–Trinajstić information content (AvgIpc) is 3.33. The molecule has 2 aliphatic rings. The van der Waals surface area contributed by atoms with Gasteiger partial charge in [-0.15, -0.1) is 0 Å². The van der Waals surface area contributed by atoms with E-state index in [0.29, 0.717) is 31.1 Å². The molecule has 0 N–H and O–H groups in total. The zero-order valence-electron chi connectivity index (χ0n) is 21.2. The Hall–Kier alpha value is -2.79. The molecule has 0 spiro atoms. The van der Waals surface area contributed by atoms with Crippen molar-refractivity contribution in [1.29, 1.82) is 0 Å². The molecule has 0 saturated carbocycles. The van der Waals surface area contributed by atoms with Gasteiger partial charge < -0.3 is 14.2 Å². The Balaban J connectivity index is 1.78. The molecule has 198 valence electrons. The number of rotatable bonds is 5. The predicted octanol–water partition coefficient (Wildman–Crippen LogP) is 5.93. The van der Waals surface area contributed by atoms with Gasteiger partial charge in [0.15, 0.2) is 6.61 Å². The largest absolute Gasteiger partial charge is 0.484 e. The molecule has 2 aromatic rings. The van der Waals surface area contributed by atoms with Gasteiger partial charge in [0, 0.05) is 16.2 Å². The quantitative estimate of drug-likeness (QED) is 0.239. The number of ether oxygens (including phenoxy) is 3. The van der Waals surface area contributed by atoms with E-state index < -0.39 is 17.5 Å². The van der Waals surface area contributed by atoms with Crippen LogP contribution >= 0.6 is 47.3 Å². The minimum absolute atomic E-state index is 0.136. The van der Waals surface area contributed by atoms with Gasteiger partial charge in [-0.3, -0.25) is 9.69 Å². The Morgan fingerprint density at radius 3 is 2.11 bits per heavy atom. The molecule has 4 rings (SSSR count). The number of nitrogens with zero attached hydrogens (tertiary/aromatic N) is 1. The molecular formula is C27H24ClNO6S3. The molecule has 0 saturated heterocycles.